The molecule has 0 atom stereocenters. The van der Waals surface area contributed by atoms with Crippen LogP contribution in [0.3, 0.4) is 0 Å². The molecular weight excluding hydrogens is 412 g/mol. The lowest BCUT2D eigenvalue weighted by molar-refractivity contribution is 1.64. The van der Waals surface area contributed by atoms with E-state index >= 15 is 0 Å². The predicted molar refractivity (Wildman–Crippen MR) is 127 cm³/mol. The highest BCUT2D eigenvalue weighted by atomic mass is 32.1. The van der Waals surface area contributed by atoms with Crippen LogP contribution in [0, 0.1) is 0 Å². The Hall–Kier alpha value is -2.86. The first-order chi connectivity index (χ1) is 14.3. The molecule has 0 bridgehead atoms. The van der Waals surface area contributed by atoms with Gasteiger partial charge in [-0.2, -0.15) is 8.75 Å². The Kier molecular flexibility index (Phi) is 4.04. The molecule has 0 amide bonds. The molecule has 0 unspecified atom stereocenters. The maximum Gasteiger partial charge on any atom is 0.113 e. The van der Waals surface area contributed by atoms with E-state index in [1.54, 1.807) is 22.7 Å². The molecule has 0 radical (unpaired) electrons. The largest absolute Gasteiger partial charge is 0.173 e. The lowest BCUT2D eigenvalue weighted by atomic mass is 10.0. The highest BCUT2D eigenvalue weighted by Crippen LogP contribution is 2.38. The first-order valence-electron chi connectivity index (χ1n) is 9.25. The smallest absolute Gasteiger partial charge is 0.113 e. The Morgan fingerprint density at radius 1 is 0.621 bits per heavy atom. The van der Waals surface area contributed by atoms with E-state index in [0.29, 0.717) is 0 Å². The van der Waals surface area contributed by atoms with E-state index in [0.717, 1.165) is 16.6 Å². The number of hydrogen-bond donors (Lipinski definition) is 0. The van der Waals surface area contributed by atoms with Crippen molar-refractivity contribution >= 4 is 56.2 Å². The van der Waals surface area contributed by atoms with Gasteiger partial charge in [-0.25, -0.2) is 0 Å². The monoisotopic (exact) mass is 426 g/mol. The standard InChI is InChI=1S/C24H14N2S3/c1-3-19(24-20(4-1)25-29-26-24)23-11-10-22(28-23)18-9-7-15-13-17(8-6-16(15)14-18)21-5-2-12-27-21/h1-14H. The van der Waals surface area contributed by atoms with Crippen molar-refractivity contribution in [2.75, 3.05) is 0 Å². The molecule has 0 N–H and O–H groups in total. The first-order valence-corrected chi connectivity index (χ1v) is 11.7. The summed E-state index contributed by atoms with van der Waals surface area (Å²) in [5, 5.41) is 4.66. The van der Waals surface area contributed by atoms with Gasteiger partial charge in [0.25, 0.3) is 0 Å². The molecule has 3 aromatic heterocycles. The number of thiophene rings is 2. The van der Waals surface area contributed by atoms with Gasteiger partial charge in [0.1, 0.15) is 11.0 Å². The predicted octanol–water partition coefficient (Wildman–Crippen LogP) is 7.97. The normalized spacial score (nSPS) is 11.4. The van der Waals surface area contributed by atoms with Crippen molar-refractivity contribution in [1.82, 2.24) is 8.75 Å². The Bertz CT molecular complexity index is 1460. The third-order valence-electron chi connectivity index (χ3n) is 5.09. The number of hydrogen-bond acceptors (Lipinski definition) is 5. The summed E-state index contributed by atoms with van der Waals surface area (Å²) in [6.07, 6.45) is 0. The fourth-order valence-corrected chi connectivity index (χ4v) is 5.94. The van der Waals surface area contributed by atoms with Gasteiger partial charge in [-0.05, 0) is 63.7 Å². The van der Waals surface area contributed by atoms with Crippen LogP contribution < -0.4 is 0 Å². The summed E-state index contributed by atoms with van der Waals surface area (Å²) in [5.41, 5.74) is 5.65. The third-order valence-corrected chi connectivity index (χ3v) is 7.72. The fraction of sp³-hybridized carbons (Fsp3) is 0. The molecule has 0 saturated heterocycles. The van der Waals surface area contributed by atoms with Crippen molar-refractivity contribution in [3.8, 4) is 31.3 Å². The second-order valence-corrected chi connectivity index (χ2v) is 9.42. The summed E-state index contributed by atoms with van der Waals surface area (Å²) in [4.78, 5) is 3.81. The second kappa shape index (κ2) is 6.88. The van der Waals surface area contributed by atoms with E-state index in [2.05, 4.69) is 86.9 Å². The lowest BCUT2D eigenvalue weighted by Gasteiger charge is -2.05. The van der Waals surface area contributed by atoms with Crippen LogP contribution in [0.5, 0.6) is 0 Å². The van der Waals surface area contributed by atoms with Crippen LogP contribution in [0.15, 0.2) is 84.2 Å². The van der Waals surface area contributed by atoms with Gasteiger partial charge in [0.15, 0.2) is 0 Å². The van der Waals surface area contributed by atoms with Crippen molar-refractivity contribution in [3.63, 3.8) is 0 Å². The minimum absolute atomic E-state index is 0.967. The van der Waals surface area contributed by atoms with Crippen molar-refractivity contribution < 1.29 is 0 Å². The number of benzene rings is 3. The van der Waals surface area contributed by atoms with Crippen LogP contribution >= 0.6 is 34.4 Å². The summed E-state index contributed by atoms with van der Waals surface area (Å²) >= 11 is 4.86. The molecule has 6 rings (SSSR count). The van der Waals surface area contributed by atoms with Gasteiger partial charge in [0.2, 0.25) is 0 Å². The lowest BCUT2D eigenvalue weighted by Crippen LogP contribution is -1.78. The van der Waals surface area contributed by atoms with Gasteiger partial charge in [0.05, 0.1) is 11.7 Å². The van der Waals surface area contributed by atoms with E-state index in [1.165, 1.54) is 48.3 Å². The van der Waals surface area contributed by atoms with E-state index in [9.17, 15) is 0 Å². The molecule has 0 aliphatic rings. The SMILES string of the molecule is c1csc(-c2ccc3cc(-c4ccc(-c5cccc6nsnc56)s4)ccc3c2)c1. The van der Waals surface area contributed by atoms with Gasteiger partial charge in [-0.15, -0.1) is 22.7 Å². The number of rotatable bonds is 3. The Morgan fingerprint density at radius 2 is 1.41 bits per heavy atom. The molecule has 0 fully saturated rings. The summed E-state index contributed by atoms with van der Waals surface area (Å²) < 4.78 is 8.85. The highest BCUT2D eigenvalue weighted by molar-refractivity contribution is 7.19. The summed E-state index contributed by atoms with van der Waals surface area (Å²) in [5.74, 6) is 0. The molecule has 3 aromatic carbocycles. The number of fused-ring (bicyclic) bond motifs is 2. The Morgan fingerprint density at radius 3 is 2.21 bits per heavy atom. The molecule has 0 spiro atoms. The van der Waals surface area contributed by atoms with Gasteiger partial charge in [-0.3, -0.25) is 0 Å². The van der Waals surface area contributed by atoms with Crippen molar-refractivity contribution in [3.05, 3.63) is 84.2 Å². The minimum Gasteiger partial charge on any atom is -0.173 e. The average Bonchev–Trinajstić information content (AvgIpc) is 3.54. The van der Waals surface area contributed by atoms with E-state index in [-0.39, 0.29) is 0 Å². The van der Waals surface area contributed by atoms with E-state index in [4.69, 9.17) is 0 Å². The van der Waals surface area contributed by atoms with Gasteiger partial charge < -0.3 is 0 Å². The molecule has 138 valence electrons. The van der Waals surface area contributed by atoms with Crippen LogP contribution in [0.2, 0.25) is 0 Å². The van der Waals surface area contributed by atoms with Crippen LogP contribution in [-0.4, -0.2) is 8.75 Å². The van der Waals surface area contributed by atoms with Gasteiger partial charge in [0, 0.05) is 20.2 Å². The molecule has 0 aliphatic heterocycles. The van der Waals surface area contributed by atoms with Gasteiger partial charge >= 0.3 is 0 Å². The summed E-state index contributed by atoms with van der Waals surface area (Å²) in [7, 11) is 0. The van der Waals surface area contributed by atoms with Crippen molar-refractivity contribution in [2.45, 2.75) is 0 Å². The van der Waals surface area contributed by atoms with Crippen molar-refractivity contribution in [2.24, 2.45) is 0 Å². The maximum absolute atomic E-state index is 4.49. The minimum atomic E-state index is 0.967. The van der Waals surface area contributed by atoms with Gasteiger partial charge in [-0.1, -0.05) is 42.5 Å². The van der Waals surface area contributed by atoms with Crippen LogP contribution in [0.4, 0.5) is 0 Å². The van der Waals surface area contributed by atoms with E-state index < -0.39 is 0 Å². The third kappa shape index (κ3) is 2.99. The zero-order valence-electron chi connectivity index (χ0n) is 15.2. The Balaban J connectivity index is 1.39. The summed E-state index contributed by atoms with van der Waals surface area (Å²) in [6, 6.07) is 28.3. The number of nitrogens with zero attached hydrogens (tertiary/aromatic N) is 2. The molecule has 29 heavy (non-hydrogen) atoms. The maximum atomic E-state index is 4.49. The molecular formula is C24H14N2S3. The molecule has 6 aromatic rings. The summed E-state index contributed by atoms with van der Waals surface area (Å²) in [6.45, 7) is 0. The molecule has 5 heteroatoms. The van der Waals surface area contributed by atoms with E-state index in [1.807, 2.05) is 6.07 Å². The molecule has 0 saturated carbocycles. The Labute approximate surface area is 180 Å². The van der Waals surface area contributed by atoms with Crippen LogP contribution in [-0.2, 0) is 0 Å². The topological polar surface area (TPSA) is 25.8 Å². The zero-order valence-corrected chi connectivity index (χ0v) is 17.7. The molecule has 0 aliphatic carbocycles. The zero-order chi connectivity index (χ0) is 19.2. The second-order valence-electron chi connectivity index (χ2n) is 6.86. The fourth-order valence-electron chi connectivity index (χ4n) is 3.64. The van der Waals surface area contributed by atoms with Crippen LogP contribution in [0.25, 0.3) is 53.1 Å². The average molecular weight is 427 g/mol. The first kappa shape index (κ1) is 17.0. The van der Waals surface area contributed by atoms with Crippen LogP contribution in [0.1, 0.15) is 0 Å². The quantitative estimate of drug-likeness (QED) is 0.287. The molecule has 2 nitrogen and oxygen atoms in total. The van der Waals surface area contributed by atoms with Crippen molar-refractivity contribution in [1.29, 1.82) is 0 Å². The highest BCUT2D eigenvalue weighted by Gasteiger charge is 2.11. The number of aromatic nitrogens is 2. The molecule has 3 heterocycles.